The molecule has 5 nitrogen and oxygen atoms in total. The van der Waals surface area contributed by atoms with Gasteiger partial charge < -0.3 is 10.3 Å². The van der Waals surface area contributed by atoms with E-state index in [1.54, 1.807) is 12.1 Å². The first-order valence-electron chi connectivity index (χ1n) is 6.70. The minimum absolute atomic E-state index is 0.148. The Morgan fingerprint density at radius 1 is 1.05 bits per heavy atom. The molecule has 21 heavy (non-hydrogen) atoms. The zero-order valence-corrected chi connectivity index (χ0v) is 11.4. The fourth-order valence-corrected chi connectivity index (χ4v) is 2.61. The first kappa shape index (κ1) is 13.3. The van der Waals surface area contributed by atoms with E-state index in [1.165, 1.54) is 6.07 Å². The predicted octanol–water partition coefficient (Wildman–Crippen LogP) is 3.06. The predicted molar refractivity (Wildman–Crippen MR) is 82.0 cm³/mol. The second-order valence-corrected chi connectivity index (χ2v) is 4.88. The molecule has 3 rings (SSSR count). The zero-order valence-electron chi connectivity index (χ0n) is 11.4. The maximum Gasteiger partial charge on any atom is 0.274 e. The van der Waals surface area contributed by atoms with Crippen LogP contribution in [0.25, 0.3) is 10.9 Å². The summed E-state index contributed by atoms with van der Waals surface area (Å²) in [7, 11) is 0. The van der Waals surface area contributed by atoms with Crippen molar-refractivity contribution in [2.45, 2.75) is 13.1 Å². The van der Waals surface area contributed by atoms with Gasteiger partial charge >= 0.3 is 0 Å². The summed E-state index contributed by atoms with van der Waals surface area (Å²) in [6, 6.07) is 14.8. The van der Waals surface area contributed by atoms with Crippen LogP contribution in [0.1, 0.15) is 11.1 Å². The smallest absolute Gasteiger partial charge is 0.274 e. The third-order valence-electron chi connectivity index (χ3n) is 3.65. The Kier molecular flexibility index (Phi) is 3.41. The quantitative estimate of drug-likeness (QED) is 0.590. The Hall–Kier alpha value is -2.66. The van der Waals surface area contributed by atoms with Gasteiger partial charge in [-0.15, -0.1) is 0 Å². The highest BCUT2D eigenvalue weighted by Crippen LogP contribution is 2.24. The van der Waals surface area contributed by atoms with Gasteiger partial charge in [0.05, 0.1) is 11.5 Å². The second kappa shape index (κ2) is 5.38. The maximum absolute atomic E-state index is 11.1. The molecule has 0 saturated heterocycles. The van der Waals surface area contributed by atoms with E-state index in [2.05, 4.69) is 0 Å². The summed E-state index contributed by atoms with van der Waals surface area (Å²) < 4.78 is 2.01. The lowest BCUT2D eigenvalue weighted by Gasteiger charge is -2.07. The number of nitrogens with zero attached hydrogens (tertiary/aromatic N) is 2. The lowest BCUT2D eigenvalue weighted by molar-refractivity contribution is -0.385. The summed E-state index contributed by atoms with van der Waals surface area (Å²) in [5, 5.41) is 12.2. The number of rotatable bonds is 4. The molecular weight excluding hydrogens is 266 g/mol. The molecule has 0 aliphatic carbocycles. The van der Waals surface area contributed by atoms with Gasteiger partial charge in [0.2, 0.25) is 0 Å². The van der Waals surface area contributed by atoms with Gasteiger partial charge in [-0.05, 0) is 17.7 Å². The molecule has 2 aromatic carbocycles. The lowest BCUT2D eigenvalue weighted by atomic mass is 10.1. The van der Waals surface area contributed by atoms with Crippen LogP contribution in [0.2, 0.25) is 0 Å². The number of nitro benzene ring substituents is 1. The summed E-state index contributed by atoms with van der Waals surface area (Å²) in [6.07, 6.45) is 1.94. The number of fused-ring (bicyclic) bond motifs is 1. The lowest BCUT2D eigenvalue weighted by Crippen LogP contribution is -2.02. The summed E-state index contributed by atoms with van der Waals surface area (Å²) in [4.78, 5) is 10.8. The number of aromatic nitrogens is 1. The van der Waals surface area contributed by atoms with E-state index in [1.807, 2.05) is 41.1 Å². The van der Waals surface area contributed by atoms with Crippen LogP contribution in [0.4, 0.5) is 5.69 Å². The third kappa shape index (κ3) is 2.39. The highest BCUT2D eigenvalue weighted by molar-refractivity contribution is 5.83. The van der Waals surface area contributed by atoms with Gasteiger partial charge in [0, 0.05) is 35.3 Å². The van der Waals surface area contributed by atoms with Crippen LogP contribution in [-0.2, 0) is 13.1 Å². The Morgan fingerprint density at radius 2 is 1.81 bits per heavy atom. The van der Waals surface area contributed by atoms with Gasteiger partial charge in [0.15, 0.2) is 0 Å². The van der Waals surface area contributed by atoms with Gasteiger partial charge in [-0.3, -0.25) is 10.1 Å². The highest BCUT2D eigenvalue weighted by Gasteiger charge is 2.13. The first-order valence-corrected chi connectivity index (χ1v) is 6.70. The number of nitrogens with two attached hydrogens (primary N) is 1. The average Bonchev–Trinajstić information content (AvgIpc) is 2.91. The van der Waals surface area contributed by atoms with Gasteiger partial charge in [-0.25, -0.2) is 0 Å². The average molecular weight is 281 g/mol. The first-order chi connectivity index (χ1) is 10.2. The zero-order chi connectivity index (χ0) is 14.8. The van der Waals surface area contributed by atoms with Crippen LogP contribution in [0, 0.1) is 10.1 Å². The minimum Gasteiger partial charge on any atom is -0.343 e. The summed E-state index contributed by atoms with van der Waals surface area (Å²) in [6.45, 7) is 0.946. The van der Waals surface area contributed by atoms with Crippen molar-refractivity contribution in [2.75, 3.05) is 0 Å². The largest absolute Gasteiger partial charge is 0.343 e. The molecule has 1 aromatic heterocycles. The van der Waals surface area contributed by atoms with E-state index < -0.39 is 0 Å². The summed E-state index contributed by atoms with van der Waals surface area (Å²) >= 11 is 0. The number of nitro groups is 1. The molecule has 0 unspecified atom stereocenters. The second-order valence-electron chi connectivity index (χ2n) is 4.88. The van der Waals surface area contributed by atoms with Crippen LogP contribution in [0.3, 0.4) is 0 Å². The Balaban J connectivity index is 2.05. The minimum atomic E-state index is -0.341. The molecule has 0 amide bonds. The van der Waals surface area contributed by atoms with E-state index in [9.17, 15) is 10.1 Å². The maximum atomic E-state index is 11.1. The van der Waals surface area contributed by atoms with Gasteiger partial charge in [-0.1, -0.05) is 30.3 Å². The molecule has 5 heteroatoms. The molecule has 106 valence electrons. The van der Waals surface area contributed by atoms with E-state index in [4.69, 9.17) is 5.73 Å². The topological polar surface area (TPSA) is 74.1 Å². The monoisotopic (exact) mass is 281 g/mol. The van der Waals surface area contributed by atoms with E-state index >= 15 is 0 Å². The van der Waals surface area contributed by atoms with Crippen molar-refractivity contribution in [3.8, 4) is 0 Å². The Morgan fingerprint density at radius 3 is 2.57 bits per heavy atom. The number of benzene rings is 2. The molecule has 0 atom stereocenters. The van der Waals surface area contributed by atoms with E-state index in [-0.39, 0.29) is 10.6 Å². The molecule has 0 aliphatic heterocycles. The molecule has 0 saturated carbocycles. The summed E-state index contributed by atoms with van der Waals surface area (Å²) in [5.74, 6) is 0. The molecule has 0 fully saturated rings. The van der Waals surface area contributed by atoms with Crippen molar-refractivity contribution < 1.29 is 4.92 Å². The Bertz CT molecular complexity index is 808. The molecule has 0 spiro atoms. The van der Waals surface area contributed by atoms with Crippen molar-refractivity contribution in [3.63, 3.8) is 0 Å². The SMILES string of the molecule is NCc1cccc2c1ccn2Cc1ccccc1[N+](=O)[O-]. The summed E-state index contributed by atoms with van der Waals surface area (Å²) in [5.41, 5.74) is 8.70. The molecule has 0 aliphatic rings. The van der Waals surface area contributed by atoms with Crippen molar-refractivity contribution in [1.29, 1.82) is 0 Å². The van der Waals surface area contributed by atoms with Crippen LogP contribution in [-0.4, -0.2) is 9.49 Å². The van der Waals surface area contributed by atoms with Crippen molar-refractivity contribution in [1.82, 2.24) is 4.57 Å². The van der Waals surface area contributed by atoms with E-state index in [0.717, 1.165) is 16.5 Å². The van der Waals surface area contributed by atoms with Crippen LogP contribution in [0.5, 0.6) is 0 Å². The normalized spacial score (nSPS) is 10.9. The van der Waals surface area contributed by atoms with Gasteiger partial charge in [0.1, 0.15) is 0 Å². The molecule has 2 N–H and O–H groups in total. The number of hydrogen-bond donors (Lipinski definition) is 1. The Labute approximate surface area is 121 Å². The molecule has 0 radical (unpaired) electrons. The van der Waals surface area contributed by atoms with Gasteiger partial charge in [-0.2, -0.15) is 0 Å². The van der Waals surface area contributed by atoms with Crippen molar-refractivity contribution in [3.05, 3.63) is 76.0 Å². The van der Waals surface area contributed by atoms with Crippen LogP contribution >= 0.6 is 0 Å². The highest BCUT2D eigenvalue weighted by atomic mass is 16.6. The molecule has 1 heterocycles. The molecule has 0 bridgehead atoms. The fourth-order valence-electron chi connectivity index (χ4n) is 2.61. The van der Waals surface area contributed by atoms with Crippen molar-refractivity contribution >= 4 is 16.6 Å². The fraction of sp³-hybridized carbons (Fsp3) is 0.125. The van der Waals surface area contributed by atoms with Crippen LogP contribution < -0.4 is 5.73 Å². The number of para-hydroxylation sites is 1. The van der Waals surface area contributed by atoms with Crippen molar-refractivity contribution in [2.24, 2.45) is 5.73 Å². The van der Waals surface area contributed by atoms with Crippen LogP contribution in [0.15, 0.2) is 54.7 Å². The molecular formula is C16H15N3O2. The molecule has 3 aromatic rings. The van der Waals surface area contributed by atoms with Gasteiger partial charge in [0.25, 0.3) is 5.69 Å². The third-order valence-corrected chi connectivity index (χ3v) is 3.65. The van der Waals surface area contributed by atoms with E-state index in [0.29, 0.717) is 18.7 Å². The standard InChI is InChI=1S/C16H15N3O2/c17-10-12-5-3-7-16-14(12)8-9-18(16)11-13-4-1-2-6-15(13)19(20)21/h1-9H,10-11,17H2. The number of hydrogen-bond acceptors (Lipinski definition) is 3.